The Kier molecular flexibility index (Phi) is 4.37. The fourth-order valence-corrected chi connectivity index (χ4v) is 3.60. The quantitative estimate of drug-likeness (QED) is 0.796. The number of likely N-dealkylation sites (tertiary alicyclic amines) is 1. The Labute approximate surface area is 147 Å². The van der Waals surface area contributed by atoms with Crippen LogP contribution < -0.4 is 0 Å². The fourth-order valence-electron chi connectivity index (χ4n) is 3.60. The van der Waals surface area contributed by atoms with Gasteiger partial charge in [-0.1, -0.05) is 30.3 Å². The maximum atomic E-state index is 12.6. The molecule has 1 saturated heterocycles. The lowest BCUT2D eigenvalue weighted by molar-refractivity contribution is 0.0698. The molecule has 1 atom stereocenters. The van der Waals surface area contributed by atoms with Crippen molar-refractivity contribution in [2.75, 3.05) is 13.1 Å². The average molecular weight is 334 g/mol. The summed E-state index contributed by atoms with van der Waals surface area (Å²) in [5.41, 5.74) is 1.92. The lowest BCUT2D eigenvalue weighted by atomic mass is 9.96. The van der Waals surface area contributed by atoms with E-state index in [1.807, 2.05) is 35.5 Å². The lowest BCUT2D eigenvalue weighted by Crippen LogP contribution is -2.40. The molecule has 0 unspecified atom stereocenters. The Bertz CT molecular complexity index is 823. The molecule has 3 aromatic rings. The Hall–Kier alpha value is -2.82. The van der Waals surface area contributed by atoms with Crippen molar-refractivity contribution in [3.63, 3.8) is 0 Å². The van der Waals surface area contributed by atoms with Crippen LogP contribution in [0.1, 0.15) is 40.6 Å². The number of H-pyrrole nitrogens is 1. The molecule has 1 amide bonds. The first kappa shape index (κ1) is 15.7. The second kappa shape index (κ2) is 6.97. The number of amides is 1. The molecule has 0 spiro atoms. The molecule has 5 heteroatoms. The van der Waals surface area contributed by atoms with Gasteiger partial charge in [0.05, 0.1) is 0 Å². The van der Waals surface area contributed by atoms with Gasteiger partial charge in [-0.3, -0.25) is 4.79 Å². The van der Waals surface area contributed by atoms with Gasteiger partial charge in [-0.15, -0.1) is 0 Å². The number of nitrogens with zero attached hydrogens (tertiary/aromatic N) is 3. The SMILES string of the molecule is O=C(c1ccc[nH]1)N1CCC[C@H](c2nccn2Cc2ccccc2)C1. The number of benzene rings is 1. The van der Waals surface area contributed by atoms with Crippen LogP contribution in [0, 0.1) is 0 Å². The standard InChI is InChI=1S/C20H22N4O/c25-20(18-9-4-10-21-18)24-12-5-8-17(15-24)19-22-11-13-23(19)14-16-6-2-1-3-7-16/h1-4,6-7,9-11,13,17,21H,5,8,12,14-15H2/t17-/m0/s1. The van der Waals surface area contributed by atoms with E-state index in [-0.39, 0.29) is 11.8 Å². The van der Waals surface area contributed by atoms with Gasteiger partial charge in [-0.2, -0.15) is 0 Å². The largest absolute Gasteiger partial charge is 0.357 e. The van der Waals surface area contributed by atoms with Gasteiger partial charge in [0.1, 0.15) is 11.5 Å². The summed E-state index contributed by atoms with van der Waals surface area (Å²) in [6.45, 7) is 2.36. The second-order valence-electron chi connectivity index (χ2n) is 6.57. The topological polar surface area (TPSA) is 53.9 Å². The molecule has 1 aliphatic heterocycles. The van der Waals surface area contributed by atoms with Gasteiger partial charge in [0.2, 0.25) is 0 Å². The first-order valence-electron chi connectivity index (χ1n) is 8.79. The molecule has 1 fully saturated rings. The zero-order valence-corrected chi connectivity index (χ0v) is 14.1. The van der Waals surface area contributed by atoms with Crippen molar-refractivity contribution in [1.29, 1.82) is 0 Å². The minimum Gasteiger partial charge on any atom is -0.357 e. The van der Waals surface area contributed by atoms with Crippen molar-refractivity contribution in [2.24, 2.45) is 0 Å². The van der Waals surface area contributed by atoms with Crippen LogP contribution in [0.5, 0.6) is 0 Å². The molecule has 25 heavy (non-hydrogen) atoms. The van der Waals surface area contributed by atoms with Crippen molar-refractivity contribution in [2.45, 2.75) is 25.3 Å². The van der Waals surface area contributed by atoms with E-state index < -0.39 is 0 Å². The number of aromatic amines is 1. The summed E-state index contributed by atoms with van der Waals surface area (Å²) in [5.74, 6) is 1.44. The molecule has 1 aromatic carbocycles. The van der Waals surface area contributed by atoms with Gasteiger partial charge in [0, 0.05) is 44.1 Å². The van der Waals surface area contributed by atoms with E-state index in [0.29, 0.717) is 5.69 Å². The van der Waals surface area contributed by atoms with E-state index >= 15 is 0 Å². The highest BCUT2D eigenvalue weighted by Crippen LogP contribution is 2.27. The van der Waals surface area contributed by atoms with Crippen LogP contribution in [0.3, 0.4) is 0 Å². The zero-order chi connectivity index (χ0) is 17.1. The van der Waals surface area contributed by atoms with E-state index in [9.17, 15) is 4.79 Å². The Balaban J connectivity index is 1.50. The molecule has 128 valence electrons. The number of carbonyl (C=O) groups is 1. The summed E-state index contributed by atoms with van der Waals surface area (Å²) in [7, 11) is 0. The number of nitrogens with one attached hydrogen (secondary N) is 1. The number of carbonyl (C=O) groups excluding carboxylic acids is 1. The van der Waals surface area contributed by atoms with Crippen LogP contribution >= 0.6 is 0 Å². The Morgan fingerprint density at radius 2 is 2.08 bits per heavy atom. The first-order valence-corrected chi connectivity index (χ1v) is 8.79. The summed E-state index contributed by atoms with van der Waals surface area (Å²) < 4.78 is 2.21. The second-order valence-corrected chi connectivity index (χ2v) is 6.57. The highest BCUT2D eigenvalue weighted by atomic mass is 16.2. The van der Waals surface area contributed by atoms with Crippen LogP contribution in [0.15, 0.2) is 61.1 Å². The van der Waals surface area contributed by atoms with Crippen LogP contribution in [-0.2, 0) is 6.54 Å². The number of rotatable bonds is 4. The third-order valence-corrected chi connectivity index (χ3v) is 4.85. The van der Waals surface area contributed by atoms with Gasteiger partial charge in [-0.05, 0) is 30.5 Å². The van der Waals surface area contributed by atoms with Gasteiger partial charge in [-0.25, -0.2) is 4.98 Å². The lowest BCUT2D eigenvalue weighted by Gasteiger charge is -2.32. The normalized spacial score (nSPS) is 17.6. The van der Waals surface area contributed by atoms with Gasteiger partial charge in [0.15, 0.2) is 0 Å². The smallest absolute Gasteiger partial charge is 0.270 e. The zero-order valence-electron chi connectivity index (χ0n) is 14.1. The van der Waals surface area contributed by atoms with Gasteiger partial charge < -0.3 is 14.5 Å². The van der Waals surface area contributed by atoms with E-state index in [1.165, 1.54) is 5.56 Å². The molecule has 1 N–H and O–H groups in total. The molecule has 5 nitrogen and oxygen atoms in total. The highest BCUT2D eigenvalue weighted by Gasteiger charge is 2.28. The number of piperidine rings is 1. The maximum Gasteiger partial charge on any atom is 0.270 e. The monoisotopic (exact) mass is 334 g/mol. The summed E-state index contributed by atoms with van der Waals surface area (Å²) in [6, 6.07) is 14.1. The molecular formula is C20H22N4O. The number of hydrogen-bond acceptors (Lipinski definition) is 2. The average Bonchev–Trinajstić information content (AvgIpc) is 3.34. The molecule has 2 aromatic heterocycles. The van der Waals surface area contributed by atoms with Crippen molar-refractivity contribution >= 4 is 5.91 Å². The van der Waals surface area contributed by atoms with E-state index in [0.717, 1.165) is 38.3 Å². The summed E-state index contributed by atoms with van der Waals surface area (Å²) in [6.07, 6.45) is 7.77. The first-order chi connectivity index (χ1) is 12.3. The van der Waals surface area contributed by atoms with Crippen LogP contribution in [0.4, 0.5) is 0 Å². The van der Waals surface area contributed by atoms with Crippen molar-refractivity contribution < 1.29 is 4.79 Å². The molecule has 0 saturated carbocycles. The van der Waals surface area contributed by atoms with Gasteiger partial charge >= 0.3 is 0 Å². The molecule has 4 rings (SSSR count). The molecule has 0 bridgehead atoms. The molecule has 1 aliphatic rings. The third kappa shape index (κ3) is 3.36. The Morgan fingerprint density at radius 1 is 1.20 bits per heavy atom. The van der Waals surface area contributed by atoms with Crippen LogP contribution in [0.25, 0.3) is 0 Å². The van der Waals surface area contributed by atoms with Crippen molar-refractivity contribution in [3.8, 4) is 0 Å². The fraction of sp³-hybridized carbons (Fsp3) is 0.300. The van der Waals surface area contributed by atoms with E-state index in [1.54, 1.807) is 6.20 Å². The van der Waals surface area contributed by atoms with Crippen LogP contribution in [-0.4, -0.2) is 38.4 Å². The number of aromatic nitrogens is 3. The van der Waals surface area contributed by atoms with Crippen molar-refractivity contribution in [1.82, 2.24) is 19.4 Å². The molecular weight excluding hydrogens is 312 g/mol. The maximum absolute atomic E-state index is 12.6. The summed E-state index contributed by atoms with van der Waals surface area (Å²) in [4.78, 5) is 22.2. The summed E-state index contributed by atoms with van der Waals surface area (Å²) >= 11 is 0. The molecule has 0 aliphatic carbocycles. The minimum atomic E-state index is 0.0795. The van der Waals surface area contributed by atoms with E-state index in [4.69, 9.17) is 0 Å². The Morgan fingerprint density at radius 3 is 2.88 bits per heavy atom. The van der Waals surface area contributed by atoms with Gasteiger partial charge in [0.25, 0.3) is 5.91 Å². The molecule has 3 heterocycles. The van der Waals surface area contributed by atoms with E-state index in [2.05, 4.69) is 38.8 Å². The summed E-state index contributed by atoms with van der Waals surface area (Å²) in [5, 5.41) is 0. The minimum absolute atomic E-state index is 0.0795. The highest BCUT2D eigenvalue weighted by molar-refractivity contribution is 5.92. The number of imidazole rings is 1. The predicted octanol–water partition coefficient (Wildman–Crippen LogP) is 3.28. The van der Waals surface area contributed by atoms with Crippen LogP contribution in [0.2, 0.25) is 0 Å². The number of hydrogen-bond donors (Lipinski definition) is 1. The predicted molar refractivity (Wildman–Crippen MR) is 96.4 cm³/mol. The van der Waals surface area contributed by atoms with Crippen molar-refractivity contribution in [3.05, 3.63) is 78.1 Å². The molecule has 0 radical (unpaired) electrons. The third-order valence-electron chi connectivity index (χ3n) is 4.85.